The highest BCUT2D eigenvalue weighted by Crippen LogP contribution is 2.29. The molecule has 17 heavy (non-hydrogen) atoms. The number of hydrogen-bond donors (Lipinski definition) is 2. The average Bonchev–Trinajstić information content (AvgIpc) is 2.30. The largest absolute Gasteiger partial charge is 0.396 e. The molecular weight excluding hydrogens is 210 g/mol. The van der Waals surface area contributed by atoms with Gasteiger partial charge in [0.1, 0.15) is 0 Å². The van der Waals surface area contributed by atoms with Crippen LogP contribution in [0.15, 0.2) is 12.1 Å². The van der Waals surface area contributed by atoms with Crippen molar-refractivity contribution in [1.29, 1.82) is 0 Å². The van der Waals surface area contributed by atoms with Crippen molar-refractivity contribution in [3.8, 4) is 0 Å². The van der Waals surface area contributed by atoms with Gasteiger partial charge in [0.05, 0.1) is 0 Å². The first kappa shape index (κ1) is 14.2. The van der Waals surface area contributed by atoms with Crippen LogP contribution in [-0.4, -0.2) is 17.8 Å². The minimum Gasteiger partial charge on any atom is -0.396 e. The van der Waals surface area contributed by atoms with Crippen LogP contribution in [0.25, 0.3) is 0 Å². The molecule has 0 aliphatic rings. The summed E-state index contributed by atoms with van der Waals surface area (Å²) in [5, 5.41) is 9.20. The Labute approximate surface area is 105 Å². The molecule has 96 valence electrons. The number of rotatable bonds is 5. The molecule has 0 spiro atoms. The van der Waals surface area contributed by atoms with Crippen molar-refractivity contribution < 1.29 is 5.11 Å². The van der Waals surface area contributed by atoms with E-state index in [9.17, 15) is 5.11 Å². The fraction of sp³-hybridized carbons (Fsp3) is 0.600. The Kier molecular flexibility index (Phi) is 5.16. The smallest absolute Gasteiger partial charge is 0.0437 e. The van der Waals surface area contributed by atoms with Crippen molar-refractivity contribution in [3.05, 3.63) is 34.4 Å². The molecule has 0 bridgehead atoms. The maximum atomic E-state index is 9.20. The second-order valence-electron chi connectivity index (χ2n) is 4.98. The lowest BCUT2D eigenvalue weighted by molar-refractivity contribution is 0.266. The molecule has 0 aliphatic heterocycles. The van der Waals surface area contributed by atoms with E-state index < -0.39 is 0 Å². The van der Waals surface area contributed by atoms with Crippen LogP contribution in [0.4, 0.5) is 0 Å². The summed E-state index contributed by atoms with van der Waals surface area (Å²) >= 11 is 0. The Bertz CT molecular complexity index is 373. The minimum absolute atomic E-state index is 0.128. The zero-order valence-electron chi connectivity index (χ0n) is 11.5. The maximum Gasteiger partial charge on any atom is 0.0437 e. The van der Waals surface area contributed by atoms with Gasteiger partial charge in [-0.15, -0.1) is 0 Å². The number of aliphatic hydroxyl groups excluding tert-OH is 1. The zero-order valence-corrected chi connectivity index (χ0v) is 11.5. The van der Waals surface area contributed by atoms with E-state index >= 15 is 0 Å². The summed E-state index contributed by atoms with van der Waals surface area (Å²) in [5.41, 5.74) is 11.4. The summed E-state index contributed by atoms with van der Waals surface area (Å²) in [5.74, 6) is 0.268. The summed E-state index contributed by atoms with van der Waals surface area (Å²) < 4.78 is 0. The van der Waals surface area contributed by atoms with Crippen molar-refractivity contribution in [2.75, 3.05) is 6.61 Å². The fourth-order valence-corrected chi connectivity index (χ4v) is 2.41. The third-order valence-corrected chi connectivity index (χ3v) is 3.71. The molecule has 0 fully saturated rings. The van der Waals surface area contributed by atoms with Crippen LogP contribution in [0.2, 0.25) is 0 Å². The molecule has 0 radical (unpaired) electrons. The van der Waals surface area contributed by atoms with E-state index in [1.54, 1.807) is 0 Å². The molecule has 0 saturated heterocycles. The molecule has 0 aliphatic carbocycles. The summed E-state index contributed by atoms with van der Waals surface area (Å²) in [6, 6.07) is 4.58. The first-order valence-corrected chi connectivity index (χ1v) is 6.45. The fourth-order valence-electron chi connectivity index (χ4n) is 2.41. The quantitative estimate of drug-likeness (QED) is 0.824. The van der Waals surface area contributed by atoms with Gasteiger partial charge in [-0.3, -0.25) is 0 Å². The monoisotopic (exact) mass is 235 g/mol. The summed E-state index contributed by atoms with van der Waals surface area (Å²) in [4.78, 5) is 0. The lowest BCUT2D eigenvalue weighted by atomic mass is 9.84. The molecule has 2 nitrogen and oxygen atoms in total. The molecule has 0 aromatic heterocycles. The van der Waals surface area contributed by atoms with Gasteiger partial charge < -0.3 is 10.8 Å². The molecule has 2 unspecified atom stereocenters. The number of benzene rings is 1. The topological polar surface area (TPSA) is 46.2 Å². The maximum absolute atomic E-state index is 9.20. The number of nitrogens with two attached hydrogens (primary N) is 1. The van der Waals surface area contributed by atoms with Gasteiger partial charge in [-0.2, -0.15) is 0 Å². The van der Waals surface area contributed by atoms with Crippen molar-refractivity contribution >= 4 is 0 Å². The van der Waals surface area contributed by atoms with Crippen molar-refractivity contribution in [3.63, 3.8) is 0 Å². The Balaban J connectivity index is 3.13. The molecule has 1 aromatic carbocycles. The Morgan fingerprint density at radius 3 is 2.24 bits per heavy atom. The van der Waals surface area contributed by atoms with Gasteiger partial charge >= 0.3 is 0 Å². The standard InChI is InChI=1S/C15H25NO/c1-5-15(16)13(6-7-17)14-9-11(3)10(2)8-12(14)4/h8-9,13,15,17H,5-7,16H2,1-4H3. The van der Waals surface area contributed by atoms with Crippen molar-refractivity contribution in [1.82, 2.24) is 0 Å². The van der Waals surface area contributed by atoms with Crippen LogP contribution in [0.1, 0.15) is 47.9 Å². The second kappa shape index (κ2) is 6.18. The molecule has 0 amide bonds. The lowest BCUT2D eigenvalue weighted by Crippen LogP contribution is -2.29. The Hall–Kier alpha value is -0.860. The van der Waals surface area contributed by atoms with E-state index in [0.29, 0.717) is 0 Å². The van der Waals surface area contributed by atoms with Crippen LogP contribution >= 0.6 is 0 Å². The van der Waals surface area contributed by atoms with Crippen LogP contribution in [0, 0.1) is 20.8 Å². The van der Waals surface area contributed by atoms with Gasteiger partial charge in [-0.25, -0.2) is 0 Å². The van der Waals surface area contributed by atoms with Crippen LogP contribution < -0.4 is 5.73 Å². The third-order valence-electron chi connectivity index (χ3n) is 3.71. The highest BCUT2D eigenvalue weighted by Gasteiger charge is 2.20. The molecule has 2 heteroatoms. The van der Waals surface area contributed by atoms with Crippen LogP contribution in [0.5, 0.6) is 0 Å². The van der Waals surface area contributed by atoms with Gasteiger partial charge in [0.2, 0.25) is 0 Å². The zero-order chi connectivity index (χ0) is 13.0. The summed E-state index contributed by atoms with van der Waals surface area (Å²) in [7, 11) is 0. The van der Waals surface area contributed by atoms with Gasteiger partial charge in [0.25, 0.3) is 0 Å². The van der Waals surface area contributed by atoms with E-state index in [4.69, 9.17) is 5.73 Å². The predicted octanol–water partition coefficient (Wildman–Crippen LogP) is 2.82. The molecule has 3 N–H and O–H groups in total. The first-order chi connectivity index (χ1) is 8.01. The summed E-state index contributed by atoms with van der Waals surface area (Å²) in [6.45, 7) is 8.70. The van der Waals surface area contributed by atoms with Crippen LogP contribution in [0.3, 0.4) is 0 Å². The van der Waals surface area contributed by atoms with Crippen molar-refractivity contribution in [2.24, 2.45) is 5.73 Å². The lowest BCUT2D eigenvalue weighted by Gasteiger charge is -2.25. The van der Waals surface area contributed by atoms with Gasteiger partial charge in [0, 0.05) is 18.6 Å². The van der Waals surface area contributed by atoms with Gasteiger partial charge in [-0.05, 0) is 55.9 Å². The first-order valence-electron chi connectivity index (χ1n) is 6.45. The highest BCUT2D eigenvalue weighted by atomic mass is 16.3. The third kappa shape index (κ3) is 3.30. The summed E-state index contributed by atoms with van der Waals surface area (Å²) in [6.07, 6.45) is 1.69. The Morgan fingerprint density at radius 2 is 1.71 bits per heavy atom. The normalized spacial score (nSPS) is 14.7. The van der Waals surface area contributed by atoms with Crippen molar-refractivity contribution in [2.45, 2.75) is 52.5 Å². The van der Waals surface area contributed by atoms with Crippen LogP contribution in [-0.2, 0) is 0 Å². The van der Waals surface area contributed by atoms with Gasteiger partial charge in [0.15, 0.2) is 0 Å². The molecule has 0 saturated carbocycles. The SMILES string of the molecule is CCC(N)C(CCO)c1cc(C)c(C)cc1C. The number of hydrogen-bond acceptors (Lipinski definition) is 2. The van der Waals surface area contributed by atoms with E-state index in [0.717, 1.165) is 12.8 Å². The van der Waals surface area contributed by atoms with E-state index in [2.05, 4.69) is 39.8 Å². The molecule has 2 atom stereocenters. The van der Waals surface area contributed by atoms with E-state index in [-0.39, 0.29) is 18.6 Å². The average molecular weight is 235 g/mol. The van der Waals surface area contributed by atoms with Gasteiger partial charge in [-0.1, -0.05) is 19.1 Å². The Morgan fingerprint density at radius 1 is 1.12 bits per heavy atom. The number of aliphatic hydroxyl groups is 1. The molecule has 1 rings (SSSR count). The van der Waals surface area contributed by atoms with E-state index in [1.165, 1.54) is 22.3 Å². The predicted molar refractivity (Wildman–Crippen MR) is 73.4 cm³/mol. The van der Waals surface area contributed by atoms with E-state index in [1.807, 2.05) is 0 Å². The molecule has 1 aromatic rings. The number of aryl methyl sites for hydroxylation is 3. The molecular formula is C15H25NO. The minimum atomic E-state index is 0.128. The second-order valence-corrected chi connectivity index (χ2v) is 4.98. The highest BCUT2D eigenvalue weighted by molar-refractivity contribution is 5.39. The molecule has 0 heterocycles.